The van der Waals surface area contributed by atoms with E-state index in [9.17, 15) is 17.2 Å². The first kappa shape index (κ1) is 52.1. The third kappa shape index (κ3) is 14.6. The predicted molar refractivity (Wildman–Crippen MR) is 261 cm³/mol. The van der Waals surface area contributed by atoms with Crippen molar-refractivity contribution >= 4 is 95.1 Å². The lowest BCUT2D eigenvalue weighted by Gasteiger charge is -2.29. The zero-order chi connectivity index (χ0) is 46.7. The van der Waals surface area contributed by atoms with Crippen molar-refractivity contribution in [3.8, 4) is 23.0 Å². The van der Waals surface area contributed by atoms with Gasteiger partial charge < -0.3 is 40.2 Å². The minimum absolute atomic E-state index is 0. The van der Waals surface area contributed by atoms with Gasteiger partial charge in [-0.3, -0.25) is 4.55 Å². The van der Waals surface area contributed by atoms with Gasteiger partial charge in [0.15, 0.2) is 23.0 Å². The molecule has 356 valence electrons. The number of fused-ring (bicyclic) bond motifs is 2. The molecule has 8 rings (SSSR count). The van der Waals surface area contributed by atoms with Crippen LogP contribution in [-0.2, 0) is 10.1 Å². The van der Waals surface area contributed by atoms with Gasteiger partial charge in [-0.2, -0.15) is 8.42 Å². The van der Waals surface area contributed by atoms with Crippen molar-refractivity contribution in [2.45, 2.75) is 75.7 Å². The lowest BCUT2D eigenvalue weighted by atomic mass is 9.93. The van der Waals surface area contributed by atoms with Crippen LogP contribution in [0.25, 0.3) is 21.8 Å². The average Bonchev–Trinajstić information content (AvgIpc) is 3.29. The van der Waals surface area contributed by atoms with Crippen LogP contribution >= 0.6 is 40.2 Å². The van der Waals surface area contributed by atoms with Crippen molar-refractivity contribution in [2.75, 3.05) is 45.2 Å². The number of nitrogens with zero attached hydrogens (tertiary/aromatic N) is 4. The molecule has 2 aliphatic rings. The van der Waals surface area contributed by atoms with Gasteiger partial charge in [-0.15, -0.1) is 17.0 Å². The molecule has 15 nitrogen and oxygen atoms in total. The lowest BCUT2D eigenvalue weighted by Crippen LogP contribution is -2.34. The summed E-state index contributed by atoms with van der Waals surface area (Å²) in [6.07, 6.45) is 12.2. The molecular weight excluding hydrogens is 985 g/mol. The Morgan fingerprint density at radius 3 is 1.29 bits per heavy atom. The minimum Gasteiger partial charge on any atom is -0.493 e. The van der Waals surface area contributed by atoms with Gasteiger partial charge in [0, 0.05) is 46.4 Å². The second-order valence-electron chi connectivity index (χ2n) is 15.5. The van der Waals surface area contributed by atoms with E-state index >= 15 is 0 Å². The quantitative estimate of drug-likeness (QED) is 0.0727. The second kappa shape index (κ2) is 24.2. The number of methoxy groups -OCH3 is 2. The van der Waals surface area contributed by atoms with E-state index in [0.717, 1.165) is 62.1 Å². The highest BCUT2D eigenvalue weighted by molar-refractivity contribution is 8.93. The zero-order valence-corrected chi connectivity index (χ0v) is 40.9. The summed E-state index contributed by atoms with van der Waals surface area (Å²) in [6, 6.07) is 17.5. The molecule has 2 aliphatic carbocycles. The van der Waals surface area contributed by atoms with E-state index in [1.165, 1.54) is 36.9 Å². The summed E-state index contributed by atoms with van der Waals surface area (Å²) >= 11 is 11.8. The molecule has 0 aliphatic heterocycles. The van der Waals surface area contributed by atoms with Gasteiger partial charge in [0.05, 0.1) is 53.8 Å². The Morgan fingerprint density at radius 1 is 0.606 bits per heavy atom. The van der Waals surface area contributed by atoms with Crippen LogP contribution in [0.15, 0.2) is 73.3 Å². The minimum atomic E-state index is -3.67. The average molecular weight is 1040 g/mol. The van der Waals surface area contributed by atoms with Gasteiger partial charge >= 0.3 is 0 Å². The molecule has 4 aromatic carbocycles. The first-order valence-corrected chi connectivity index (χ1v) is 23.4. The van der Waals surface area contributed by atoms with Crippen LogP contribution in [0.4, 0.5) is 31.8 Å². The zero-order valence-electron chi connectivity index (χ0n) is 36.9. The molecule has 21 heteroatoms. The maximum Gasteiger partial charge on any atom is 0.261 e. The molecule has 6 aromatic rings. The second-order valence-corrected chi connectivity index (χ2v) is 17.8. The van der Waals surface area contributed by atoms with Gasteiger partial charge in [0.2, 0.25) is 0 Å². The van der Waals surface area contributed by atoms with Gasteiger partial charge in [0.25, 0.3) is 10.1 Å². The highest BCUT2D eigenvalue weighted by Gasteiger charge is 2.25. The normalized spacial score (nSPS) is 18.1. The molecule has 0 spiro atoms. The van der Waals surface area contributed by atoms with Crippen LogP contribution in [0, 0.1) is 11.6 Å². The molecule has 0 amide bonds. The fraction of sp³-hybridized carbons (Fsp3) is 0.378. The Balaban J connectivity index is 0.000000222. The van der Waals surface area contributed by atoms with E-state index in [4.69, 9.17) is 46.7 Å². The van der Waals surface area contributed by atoms with Crippen LogP contribution in [0.2, 0.25) is 10.0 Å². The highest BCUT2D eigenvalue weighted by atomic mass is 79.9. The van der Waals surface area contributed by atoms with Gasteiger partial charge in [0.1, 0.15) is 35.9 Å². The molecule has 0 saturated heterocycles. The predicted octanol–water partition coefficient (Wildman–Crippen LogP) is 10.2. The van der Waals surface area contributed by atoms with Crippen molar-refractivity contribution in [3.05, 3.63) is 95.0 Å². The summed E-state index contributed by atoms with van der Waals surface area (Å²) in [5, 5.41) is 14.7. The number of aromatic nitrogens is 4. The summed E-state index contributed by atoms with van der Waals surface area (Å²) in [5.74, 6) is 2.80. The molecule has 2 fully saturated rings. The SMILES string of the molecule is Br.CNC1CCC(Oc2cc3c(Nc4ccc(F)c(Cl)c4)ncnc3cc2OC)CC1.CNC1CCC(Oc2cc3c(Nc4ccc(F)c(Cl)c4)ncnc3cc2OC)CC1.CS(=O)(=O)O. The Hall–Kier alpha value is -4.89. The molecule has 2 aromatic heterocycles. The summed E-state index contributed by atoms with van der Waals surface area (Å²) in [5.41, 5.74) is 2.68. The summed E-state index contributed by atoms with van der Waals surface area (Å²) in [4.78, 5) is 17.4. The van der Waals surface area contributed by atoms with Crippen molar-refractivity contribution in [2.24, 2.45) is 0 Å². The van der Waals surface area contributed by atoms with Crippen LogP contribution in [0.1, 0.15) is 51.4 Å². The molecule has 2 saturated carbocycles. The first-order valence-electron chi connectivity index (χ1n) is 20.8. The fourth-order valence-corrected chi connectivity index (χ4v) is 7.91. The van der Waals surface area contributed by atoms with Crippen LogP contribution < -0.4 is 40.2 Å². The van der Waals surface area contributed by atoms with Crippen LogP contribution in [-0.4, -0.2) is 91.8 Å². The summed E-state index contributed by atoms with van der Waals surface area (Å²) < 4.78 is 76.5. The fourth-order valence-electron chi connectivity index (χ4n) is 7.55. The Morgan fingerprint density at radius 2 is 0.970 bits per heavy atom. The van der Waals surface area contributed by atoms with Crippen LogP contribution in [0.3, 0.4) is 0 Å². The van der Waals surface area contributed by atoms with E-state index in [0.29, 0.717) is 75.4 Å². The molecule has 0 atom stereocenters. The number of halogens is 5. The molecule has 0 bridgehead atoms. The van der Waals surface area contributed by atoms with E-state index in [2.05, 4.69) is 41.2 Å². The number of benzene rings is 4. The summed E-state index contributed by atoms with van der Waals surface area (Å²) in [7, 11) is 3.57. The third-order valence-electron chi connectivity index (χ3n) is 11.0. The number of hydrogen-bond acceptors (Lipinski definition) is 14. The van der Waals surface area contributed by atoms with Crippen molar-refractivity contribution < 1.29 is 40.7 Å². The van der Waals surface area contributed by atoms with Gasteiger partial charge in [-0.25, -0.2) is 28.7 Å². The molecule has 0 unspecified atom stereocenters. The largest absolute Gasteiger partial charge is 0.493 e. The maximum absolute atomic E-state index is 13.5. The number of hydrogen-bond donors (Lipinski definition) is 5. The van der Waals surface area contributed by atoms with Gasteiger partial charge in [-0.1, -0.05) is 23.2 Å². The van der Waals surface area contributed by atoms with Gasteiger partial charge in [-0.05, 0) is 114 Å². The molecule has 0 radical (unpaired) electrons. The smallest absolute Gasteiger partial charge is 0.261 e. The Bertz CT molecular complexity index is 2510. The van der Waals surface area contributed by atoms with Crippen molar-refractivity contribution in [1.82, 2.24) is 30.6 Å². The molecular formula is C45H53BrCl2F2N8O7S. The van der Waals surface area contributed by atoms with E-state index < -0.39 is 21.8 Å². The molecule has 2 heterocycles. The van der Waals surface area contributed by atoms with E-state index in [1.54, 1.807) is 26.4 Å². The van der Waals surface area contributed by atoms with Crippen molar-refractivity contribution in [1.29, 1.82) is 0 Å². The van der Waals surface area contributed by atoms with Crippen LogP contribution in [0.5, 0.6) is 23.0 Å². The number of ether oxygens (including phenoxy) is 4. The standard InChI is InChI=1S/2C22H24ClFN4O2.CH4O3S.BrH/c2*1-25-13-3-6-15(7-4-13)30-21-10-16-19(11-20(21)29-2)26-12-27-22(16)28-14-5-8-18(24)17(23)9-14;1-5(2,3)4;/h2*5,8-13,15,25H,3-4,6-7H2,1-2H3,(H,26,27,28);1H3,(H,2,3,4);1H. The third-order valence-corrected chi connectivity index (χ3v) is 11.5. The maximum atomic E-state index is 13.5. The Labute approximate surface area is 403 Å². The number of anilines is 4. The van der Waals surface area contributed by atoms with E-state index in [-0.39, 0.29) is 39.2 Å². The molecule has 5 N–H and O–H groups in total. The Kier molecular flexibility index (Phi) is 19.1. The molecule has 66 heavy (non-hydrogen) atoms. The number of nitrogens with one attached hydrogen (secondary N) is 4. The van der Waals surface area contributed by atoms with Crippen molar-refractivity contribution in [3.63, 3.8) is 0 Å². The first-order chi connectivity index (χ1) is 31.1. The van der Waals surface area contributed by atoms with E-state index in [1.807, 2.05) is 38.4 Å². The highest BCUT2D eigenvalue weighted by Crippen LogP contribution is 2.39. The number of rotatable bonds is 12. The lowest BCUT2D eigenvalue weighted by molar-refractivity contribution is 0.137. The summed E-state index contributed by atoms with van der Waals surface area (Å²) in [6.45, 7) is 0. The monoisotopic (exact) mass is 1040 g/mol. The topological polar surface area (TPSA) is 191 Å².